The molecular formula is C22H32N2O3. The van der Waals surface area contributed by atoms with Gasteiger partial charge in [0, 0.05) is 11.7 Å². The number of aryl methyl sites for hydroxylation is 1. The average molecular weight is 373 g/mol. The number of fused-ring (bicyclic) bond motifs is 1. The SMILES string of the molecule is Cc1ccc2oc(OCC(=O)N(C(=CC(C)C)CC(C)C)C(C)C)nc2c1. The minimum absolute atomic E-state index is 0.0520. The van der Waals surface area contributed by atoms with E-state index < -0.39 is 0 Å². The fraction of sp³-hybridized carbons (Fsp3) is 0.545. The third-order valence-electron chi connectivity index (χ3n) is 4.08. The molecule has 2 aromatic rings. The van der Waals surface area contributed by atoms with E-state index in [0.29, 0.717) is 17.4 Å². The number of carbonyl (C=O) groups is 1. The van der Waals surface area contributed by atoms with Crippen LogP contribution in [0.5, 0.6) is 6.08 Å². The zero-order chi connectivity index (χ0) is 20.1. The lowest BCUT2D eigenvalue weighted by atomic mass is 10.0. The summed E-state index contributed by atoms with van der Waals surface area (Å²) in [6, 6.07) is 5.80. The van der Waals surface area contributed by atoms with E-state index in [0.717, 1.165) is 23.2 Å². The Morgan fingerprint density at radius 3 is 2.52 bits per heavy atom. The summed E-state index contributed by atoms with van der Waals surface area (Å²) in [6.45, 7) is 14.5. The number of hydrogen-bond acceptors (Lipinski definition) is 4. The Labute approximate surface area is 162 Å². The Morgan fingerprint density at radius 1 is 1.22 bits per heavy atom. The third-order valence-corrected chi connectivity index (χ3v) is 4.08. The van der Waals surface area contributed by atoms with Gasteiger partial charge in [-0.05, 0) is 56.7 Å². The van der Waals surface area contributed by atoms with Crippen LogP contribution in [-0.2, 0) is 4.79 Å². The van der Waals surface area contributed by atoms with E-state index in [4.69, 9.17) is 9.15 Å². The van der Waals surface area contributed by atoms with Gasteiger partial charge in [0.1, 0.15) is 5.52 Å². The Morgan fingerprint density at radius 2 is 1.93 bits per heavy atom. The van der Waals surface area contributed by atoms with Crippen molar-refractivity contribution in [3.8, 4) is 6.08 Å². The summed E-state index contributed by atoms with van der Waals surface area (Å²) in [7, 11) is 0. The van der Waals surface area contributed by atoms with Crippen molar-refractivity contribution in [1.82, 2.24) is 9.88 Å². The van der Waals surface area contributed by atoms with Gasteiger partial charge >= 0.3 is 6.08 Å². The zero-order valence-electron chi connectivity index (χ0n) is 17.6. The molecule has 0 saturated carbocycles. The van der Waals surface area contributed by atoms with E-state index >= 15 is 0 Å². The maximum Gasteiger partial charge on any atom is 0.395 e. The Bertz CT molecular complexity index is 803. The summed E-state index contributed by atoms with van der Waals surface area (Å²) in [5.41, 5.74) is 3.54. The van der Waals surface area contributed by atoms with E-state index in [-0.39, 0.29) is 24.6 Å². The van der Waals surface area contributed by atoms with Gasteiger partial charge in [0.15, 0.2) is 12.2 Å². The highest BCUT2D eigenvalue weighted by molar-refractivity contribution is 5.80. The number of allylic oxidation sites excluding steroid dienone is 2. The summed E-state index contributed by atoms with van der Waals surface area (Å²) in [5, 5.41) is 0. The normalized spacial score (nSPS) is 12.4. The molecule has 0 fully saturated rings. The van der Waals surface area contributed by atoms with Crippen molar-refractivity contribution in [2.45, 2.75) is 60.9 Å². The van der Waals surface area contributed by atoms with E-state index in [1.165, 1.54) is 0 Å². The first-order valence-electron chi connectivity index (χ1n) is 9.70. The molecule has 0 atom stereocenters. The Balaban J connectivity index is 2.15. The largest absolute Gasteiger partial charge is 0.440 e. The lowest BCUT2D eigenvalue weighted by Crippen LogP contribution is -2.40. The van der Waals surface area contributed by atoms with Crippen LogP contribution < -0.4 is 4.74 Å². The first kappa shape index (κ1) is 21.0. The summed E-state index contributed by atoms with van der Waals surface area (Å²) >= 11 is 0. The second-order valence-corrected chi connectivity index (χ2v) is 8.10. The van der Waals surface area contributed by atoms with E-state index in [2.05, 4.69) is 38.8 Å². The third kappa shape index (κ3) is 5.84. The number of oxazole rings is 1. The molecule has 0 radical (unpaired) electrons. The number of amides is 1. The molecule has 1 heterocycles. The van der Waals surface area contributed by atoms with Crippen molar-refractivity contribution in [2.75, 3.05) is 6.61 Å². The van der Waals surface area contributed by atoms with Crippen LogP contribution in [-0.4, -0.2) is 28.4 Å². The quantitative estimate of drug-likeness (QED) is 0.628. The highest BCUT2D eigenvalue weighted by Gasteiger charge is 2.23. The van der Waals surface area contributed by atoms with Gasteiger partial charge < -0.3 is 14.1 Å². The van der Waals surface area contributed by atoms with E-state index in [1.54, 1.807) is 0 Å². The molecular weight excluding hydrogens is 340 g/mol. The molecule has 1 aromatic carbocycles. The monoisotopic (exact) mass is 372 g/mol. The number of nitrogens with zero attached hydrogens (tertiary/aromatic N) is 2. The number of carbonyl (C=O) groups excluding carboxylic acids is 1. The van der Waals surface area contributed by atoms with Crippen molar-refractivity contribution >= 4 is 17.0 Å². The number of rotatable bonds is 8. The van der Waals surface area contributed by atoms with Crippen molar-refractivity contribution in [2.24, 2.45) is 11.8 Å². The number of ether oxygens (including phenoxy) is 1. The Hall–Kier alpha value is -2.30. The number of benzene rings is 1. The highest BCUT2D eigenvalue weighted by Crippen LogP contribution is 2.23. The van der Waals surface area contributed by atoms with Gasteiger partial charge in [-0.25, -0.2) is 0 Å². The molecule has 0 bridgehead atoms. The van der Waals surface area contributed by atoms with Crippen LogP contribution >= 0.6 is 0 Å². The molecule has 27 heavy (non-hydrogen) atoms. The van der Waals surface area contributed by atoms with Gasteiger partial charge in [0.25, 0.3) is 5.91 Å². The molecule has 0 aliphatic carbocycles. The molecule has 0 aliphatic rings. The van der Waals surface area contributed by atoms with Gasteiger partial charge in [0.2, 0.25) is 0 Å². The maximum absolute atomic E-state index is 12.9. The molecule has 0 spiro atoms. The summed E-state index contributed by atoms with van der Waals surface area (Å²) in [6.07, 6.45) is 3.15. The first-order valence-corrected chi connectivity index (χ1v) is 9.70. The minimum Gasteiger partial charge on any atom is -0.440 e. The molecule has 5 nitrogen and oxygen atoms in total. The molecule has 1 amide bonds. The second kappa shape index (κ2) is 9.07. The second-order valence-electron chi connectivity index (χ2n) is 8.10. The highest BCUT2D eigenvalue weighted by atomic mass is 16.6. The zero-order valence-corrected chi connectivity index (χ0v) is 17.6. The van der Waals surface area contributed by atoms with Crippen molar-refractivity contribution < 1.29 is 13.9 Å². The van der Waals surface area contributed by atoms with Gasteiger partial charge in [-0.2, -0.15) is 4.98 Å². The Kier molecular flexibility index (Phi) is 7.05. The van der Waals surface area contributed by atoms with E-state index in [9.17, 15) is 4.79 Å². The molecule has 0 saturated heterocycles. The lowest BCUT2D eigenvalue weighted by Gasteiger charge is -2.31. The van der Waals surface area contributed by atoms with Gasteiger partial charge in [-0.1, -0.05) is 39.8 Å². The molecule has 1 aromatic heterocycles. The standard InChI is InChI=1S/C22H32N2O3/c1-14(2)10-18(11-15(3)4)24(16(5)6)21(25)13-26-22-23-19-12-17(7)8-9-20(19)27-22/h8-10,12,14-16H,11,13H2,1-7H3. The van der Waals surface area contributed by atoms with Crippen molar-refractivity contribution in [1.29, 1.82) is 0 Å². The fourth-order valence-electron chi connectivity index (χ4n) is 3.10. The van der Waals surface area contributed by atoms with Crippen molar-refractivity contribution in [3.05, 3.63) is 35.5 Å². The molecule has 148 valence electrons. The molecule has 0 aliphatic heterocycles. The minimum atomic E-state index is -0.0997. The number of hydrogen-bond donors (Lipinski definition) is 0. The van der Waals surface area contributed by atoms with Gasteiger partial charge in [-0.15, -0.1) is 0 Å². The molecule has 5 heteroatoms. The van der Waals surface area contributed by atoms with Gasteiger partial charge in [-0.3, -0.25) is 4.79 Å². The lowest BCUT2D eigenvalue weighted by molar-refractivity contribution is -0.133. The van der Waals surface area contributed by atoms with Crippen LogP contribution in [0.2, 0.25) is 0 Å². The summed E-state index contributed by atoms with van der Waals surface area (Å²) in [4.78, 5) is 19.1. The topological polar surface area (TPSA) is 55.6 Å². The number of aromatic nitrogens is 1. The van der Waals surface area contributed by atoms with Gasteiger partial charge in [0.05, 0.1) is 0 Å². The first-order chi connectivity index (χ1) is 12.7. The maximum atomic E-state index is 12.9. The van der Waals surface area contributed by atoms with Crippen LogP contribution in [0.25, 0.3) is 11.1 Å². The fourth-order valence-corrected chi connectivity index (χ4v) is 3.10. The van der Waals surface area contributed by atoms with Crippen LogP contribution in [0.1, 0.15) is 53.5 Å². The average Bonchev–Trinajstić information content (AvgIpc) is 2.93. The summed E-state index contributed by atoms with van der Waals surface area (Å²) < 4.78 is 11.2. The van der Waals surface area contributed by atoms with Crippen LogP contribution in [0, 0.1) is 18.8 Å². The predicted molar refractivity (Wildman–Crippen MR) is 109 cm³/mol. The molecule has 2 rings (SSSR count). The van der Waals surface area contributed by atoms with E-state index in [1.807, 2.05) is 43.9 Å². The van der Waals surface area contributed by atoms with Crippen LogP contribution in [0.4, 0.5) is 0 Å². The van der Waals surface area contributed by atoms with Crippen LogP contribution in [0.3, 0.4) is 0 Å². The van der Waals surface area contributed by atoms with Crippen molar-refractivity contribution in [3.63, 3.8) is 0 Å². The smallest absolute Gasteiger partial charge is 0.395 e. The molecule has 0 N–H and O–H groups in total. The predicted octanol–water partition coefficient (Wildman–Crippen LogP) is 5.34. The summed E-state index contributed by atoms with van der Waals surface area (Å²) in [5.74, 6) is 0.746. The van der Waals surface area contributed by atoms with Crippen LogP contribution in [0.15, 0.2) is 34.4 Å². The molecule has 0 unspecified atom stereocenters.